The quantitative estimate of drug-likeness (QED) is 0.290. The van der Waals surface area contributed by atoms with Gasteiger partial charge in [-0.3, -0.25) is 4.79 Å². The van der Waals surface area contributed by atoms with Gasteiger partial charge >= 0.3 is 0 Å². The van der Waals surface area contributed by atoms with E-state index >= 15 is 0 Å². The molecule has 5 aromatic rings. The lowest BCUT2D eigenvalue weighted by Crippen LogP contribution is -2.34. The first-order valence-electron chi connectivity index (χ1n) is 13.1. The van der Waals surface area contributed by atoms with Gasteiger partial charge in [-0.2, -0.15) is 10.4 Å². The Morgan fingerprint density at radius 1 is 1.03 bits per heavy atom. The van der Waals surface area contributed by atoms with Crippen LogP contribution in [-0.2, 0) is 5.41 Å². The van der Waals surface area contributed by atoms with Gasteiger partial charge in [0.05, 0.1) is 29.0 Å². The molecule has 1 aliphatic carbocycles. The van der Waals surface area contributed by atoms with Crippen molar-refractivity contribution in [3.05, 3.63) is 131 Å². The Hall–Kier alpha value is -4.76. The molecule has 5 nitrogen and oxygen atoms in total. The lowest BCUT2D eigenvalue weighted by atomic mass is 9.86. The summed E-state index contributed by atoms with van der Waals surface area (Å²) in [5, 5.41) is 14.8. The van der Waals surface area contributed by atoms with Gasteiger partial charge in [-0.1, -0.05) is 30.3 Å². The minimum Gasteiger partial charge on any atom is -0.337 e. The molecule has 2 aliphatic rings. The van der Waals surface area contributed by atoms with Gasteiger partial charge in [0.2, 0.25) is 0 Å². The predicted molar refractivity (Wildman–Crippen MR) is 147 cm³/mol. The molecule has 0 bridgehead atoms. The van der Waals surface area contributed by atoms with Crippen LogP contribution >= 0.6 is 0 Å². The first kappa shape index (κ1) is 23.4. The van der Waals surface area contributed by atoms with Crippen molar-refractivity contribution >= 4 is 16.8 Å². The number of aromatic nitrogens is 2. The maximum atomic E-state index is 13.5. The summed E-state index contributed by atoms with van der Waals surface area (Å²) in [4.78, 5) is 15.5. The fourth-order valence-corrected chi connectivity index (χ4v) is 6.76. The molecule has 0 N–H and O–H groups in total. The summed E-state index contributed by atoms with van der Waals surface area (Å²) in [6, 6.07) is 30.3. The Morgan fingerprint density at radius 3 is 2.49 bits per heavy atom. The van der Waals surface area contributed by atoms with Gasteiger partial charge in [0, 0.05) is 35.4 Å². The van der Waals surface area contributed by atoms with Crippen molar-refractivity contribution in [1.29, 1.82) is 5.26 Å². The summed E-state index contributed by atoms with van der Waals surface area (Å²) in [6.45, 7) is 3.45. The fraction of sp³-hybridized carbons (Fsp3) is 0.182. The van der Waals surface area contributed by atoms with Crippen molar-refractivity contribution in [3.8, 4) is 11.8 Å². The zero-order valence-corrected chi connectivity index (χ0v) is 21.4. The summed E-state index contributed by atoms with van der Waals surface area (Å²) in [5.41, 5.74) is 6.45. The van der Waals surface area contributed by atoms with Crippen molar-refractivity contribution in [2.24, 2.45) is 5.92 Å². The molecule has 39 heavy (non-hydrogen) atoms. The minimum absolute atomic E-state index is 0.000682. The van der Waals surface area contributed by atoms with Crippen LogP contribution in [0.2, 0.25) is 0 Å². The van der Waals surface area contributed by atoms with Gasteiger partial charge < -0.3 is 4.90 Å². The smallest absolute Gasteiger partial charge is 0.253 e. The van der Waals surface area contributed by atoms with E-state index in [9.17, 15) is 9.18 Å². The largest absolute Gasteiger partial charge is 0.337 e. The van der Waals surface area contributed by atoms with Gasteiger partial charge in [0.25, 0.3) is 5.91 Å². The Bertz CT molecular complexity index is 1770. The van der Waals surface area contributed by atoms with Crippen molar-refractivity contribution in [1.82, 2.24) is 14.7 Å². The topological polar surface area (TPSA) is 61.9 Å². The summed E-state index contributed by atoms with van der Waals surface area (Å²) in [7, 11) is 0. The third-order valence-corrected chi connectivity index (χ3v) is 8.57. The molecule has 4 aromatic carbocycles. The maximum absolute atomic E-state index is 13.5. The number of fused-ring (bicyclic) bond motifs is 2. The first-order valence-corrected chi connectivity index (χ1v) is 13.1. The van der Waals surface area contributed by atoms with E-state index in [0.717, 1.165) is 22.2 Å². The second-order valence-electron chi connectivity index (χ2n) is 10.7. The minimum atomic E-state index is -0.277. The summed E-state index contributed by atoms with van der Waals surface area (Å²) in [5.74, 6) is 0.360. The maximum Gasteiger partial charge on any atom is 0.253 e. The number of hydrogen-bond acceptors (Lipinski definition) is 3. The average Bonchev–Trinajstić information content (AvgIpc) is 3.23. The highest BCUT2D eigenvalue weighted by molar-refractivity contribution is 5.95. The van der Waals surface area contributed by atoms with Gasteiger partial charge in [0.1, 0.15) is 5.82 Å². The van der Waals surface area contributed by atoms with Crippen molar-refractivity contribution < 1.29 is 9.18 Å². The number of aryl methyl sites for hydroxylation is 1. The van der Waals surface area contributed by atoms with Crippen LogP contribution in [0.5, 0.6) is 0 Å². The van der Waals surface area contributed by atoms with E-state index in [4.69, 9.17) is 5.26 Å². The zero-order chi connectivity index (χ0) is 26.7. The molecule has 1 amide bonds. The number of nitriles is 1. The molecular formula is C33H25FN4O. The van der Waals surface area contributed by atoms with Gasteiger partial charge in [-0.25, -0.2) is 9.07 Å². The van der Waals surface area contributed by atoms with Crippen LogP contribution in [0.1, 0.15) is 38.5 Å². The molecule has 1 aromatic heterocycles. The molecule has 0 radical (unpaired) electrons. The van der Waals surface area contributed by atoms with Gasteiger partial charge in [-0.05, 0) is 90.2 Å². The highest BCUT2D eigenvalue weighted by atomic mass is 19.1. The van der Waals surface area contributed by atoms with E-state index in [0.29, 0.717) is 36.1 Å². The monoisotopic (exact) mass is 512 g/mol. The van der Waals surface area contributed by atoms with E-state index < -0.39 is 0 Å². The van der Waals surface area contributed by atoms with Crippen LogP contribution in [0.3, 0.4) is 0 Å². The molecule has 1 saturated carbocycles. The van der Waals surface area contributed by atoms with Crippen molar-refractivity contribution in [2.45, 2.75) is 18.3 Å². The molecule has 7 rings (SSSR count). The van der Waals surface area contributed by atoms with E-state index in [1.807, 2.05) is 21.8 Å². The van der Waals surface area contributed by atoms with Crippen LogP contribution in [-0.4, -0.2) is 33.7 Å². The van der Waals surface area contributed by atoms with Crippen LogP contribution in [0.15, 0.2) is 97.2 Å². The normalized spacial score (nSPS) is 21.5. The van der Waals surface area contributed by atoms with Crippen LogP contribution in [0, 0.1) is 30.0 Å². The SMILES string of the molecule is Cc1cc2c(cnn2-c2ccc(F)cc2)cc1C12CN(C(=O)c3ccc(C#N)cc3)CC1C2c1ccccc1. The highest BCUT2D eigenvalue weighted by Crippen LogP contribution is 2.69. The van der Waals surface area contributed by atoms with Gasteiger partial charge in [0.15, 0.2) is 0 Å². The Labute approximate surface area is 225 Å². The molecule has 2 heterocycles. The molecule has 3 unspecified atom stereocenters. The lowest BCUT2D eigenvalue weighted by Gasteiger charge is -2.26. The molecule has 190 valence electrons. The standard InChI is InChI=1S/C33H25FN4O/c1-21-15-30-25(18-36-38(30)27-13-11-26(34)12-14-27)16-28(21)33-20-37(32(39)24-9-7-22(17-35)8-10-24)19-29(33)31(33)23-5-3-2-4-6-23/h2-16,18,29,31H,19-20H2,1H3. The summed E-state index contributed by atoms with van der Waals surface area (Å²) in [6.07, 6.45) is 1.86. The molecule has 0 spiro atoms. The second-order valence-corrected chi connectivity index (χ2v) is 10.7. The summed E-state index contributed by atoms with van der Waals surface area (Å²) >= 11 is 0. The number of piperidine rings is 1. The molecule has 6 heteroatoms. The number of carbonyl (C=O) groups excluding carboxylic acids is 1. The molecule has 1 saturated heterocycles. The number of hydrogen-bond donors (Lipinski definition) is 0. The number of carbonyl (C=O) groups is 1. The number of likely N-dealkylation sites (tertiary alicyclic amines) is 1. The van der Waals surface area contributed by atoms with E-state index in [-0.39, 0.29) is 17.1 Å². The fourth-order valence-electron chi connectivity index (χ4n) is 6.76. The third-order valence-electron chi connectivity index (χ3n) is 8.57. The highest BCUT2D eigenvalue weighted by Gasteiger charge is 2.70. The van der Waals surface area contributed by atoms with E-state index in [2.05, 4.69) is 54.5 Å². The Morgan fingerprint density at radius 2 is 1.77 bits per heavy atom. The predicted octanol–water partition coefficient (Wildman–Crippen LogP) is 6.15. The number of benzene rings is 4. The Balaban J connectivity index is 1.29. The second kappa shape index (κ2) is 8.64. The third kappa shape index (κ3) is 3.58. The molecule has 2 fully saturated rings. The number of halogens is 1. The number of nitrogens with zero attached hydrogens (tertiary/aromatic N) is 4. The molecule has 3 atom stereocenters. The van der Waals surface area contributed by atoms with Crippen LogP contribution in [0.4, 0.5) is 4.39 Å². The van der Waals surface area contributed by atoms with Crippen LogP contribution in [0.25, 0.3) is 16.6 Å². The van der Waals surface area contributed by atoms with E-state index in [1.54, 1.807) is 36.4 Å². The number of rotatable bonds is 4. The molecule has 1 aliphatic heterocycles. The van der Waals surface area contributed by atoms with Crippen molar-refractivity contribution in [3.63, 3.8) is 0 Å². The first-order chi connectivity index (χ1) is 19.0. The molecular weight excluding hydrogens is 487 g/mol. The van der Waals surface area contributed by atoms with Crippen LogP contribution < -0.4 is 0 Å². The zero-order valence-electron chi connectivity index (χ0n) is 21.4. The lowest BCUT2D eigenvalue weighted by molar-refractivity contribution is 0.0769. The average molecular weight is 513 g/mol. The summed E-state index contributed by atoms with van der Waals surface area (Å²) < 4.78 is 15.4. The number of amides is 1. The Kier molecular flexibility index (Phi) is 5.18. The van der Waals surface area contributed by atoms with Gasteiger partial charge in [-0.15, -0.1) is 0 Å². The van der Waals surface area contributed by atoms with E-state index in [1.165, 1.54) is 23.3 Å². The van der Waals surface area contributed by atoms with Crippen molar-refractivity contribution in [2.75, 3.05) is 13.1 Å².